The minimum absolute atomic E-state index is 0.151. The molecule has 33 heavy (non-hydrogen) atoms. The van der Waals surface area contributed by atoms with E-state index < -0.39 is 11.7 Å². The van der Waals surface area contributed by atoms with Gasteiger partial charge in [0.05, 0.1) is 22.8 Å². The number of carbonyl (C=O) groups is 1. The van der Waals surface area contributed by atoms with Crippen molar-refractivity contribution in [3.05, 3.63) is 63.0 Å². The fraction of sp³-hybridized carbons (Fsp3) is 0.348. The molecule has 2 aromatic heterocycles. The summed E-state index contributed by atoms with van der Waals surface area (Å²) in [6, 6.07) is 4.42. The highest BCUT2D eigenvalue weighted by Gasteiger charge is 2.23. The smallest absolute Gasteiger partial charge is 0.335 e. The number of nitrogens with zero attached hydrogens (tertiary/aromatic N) is 4. The maximum absolute atomic E-state index is 14.0. The molecule has 2 aliphatic rings. The Labute approximate surface area is 194 Å². The predicted octanol–water partition coefficient (Wildman–Crippen LogP) is 2.88. The topological polar surface area (TPSA) is 84.2 Å². The number of aromatic nitrogens is 3. The molecule has 3 heterocycles. The van der Waals surface area contributed by atoms with Crippen LogP contribution in [0.4, 0.5) is 15.8 Å². The van der Waals surface area contributed by atoms with E-state index in [1.807, 2.05) is 13.0 Å². The van der Waals surface area contributed by atoms with E-state index in [1.54, 1.807) is 20.6 Å². The lowest BCUT2D eigenvalue weighted by Gasteiger charge is -2.31. The lowest BCUT2D eigenvalue weighted by Crippen LogP contribution is -2.43. The van der Waals surface area contributed by atoms with Crippen LogP contribution < -0.4 is 21.2 Å². The van der Waals surface area contributed by atoms with Gasteiger partial charge < -0.3 is 15.5 Å². The van der Waals surface area contributed by atoms with Crippen molar-refractivity contribution in [3.8, 4) is 5.13 Å². The van der Waals surface area contributed by atoms with Gasteiger partial charge in [-0.2, -0.15) is 0 Å². The highest BCUT2D eigenvalue weighted by Crippen LogP contribution is 2.29. The van der Waals surface area contributed by atoms with Crippen LogP contribution in [0, 0.1) is 5.82 Å². The van der Waals surface area contributed by atoms with Crippen molar-refractivity contribution in [2.75, 3.05) is 36.4 Å². The molecule has 1 saturated heterocycles. The second kappa shape index (κ2) is 8.95. The number of hydrogen-bond donors (Lipinski definition) is 2. The Kier molecular flexibility index (Phi) is 5.86. The van der Waals surface area contributed by atoms with Crippen LogP contribution in [0.3, 0.4) is 0 Å². The lowest BCUT2D eigenvalue weighted by atomic mass is 10.1. The summed E-state index contributed by atoms with van der Waals surface area (Å²) in [7, 11) is 0. The molecule has 8 nitrogen and oxygen atoms in total. The van der Waals surface area contributed by atoms with Crippen LogP contribution >= 0.6 is 11.3 Å². The molecule has 0 bridgehead atoms. The number of benzene rings is 1. The van der Waals surface area contributed by atoms with E-state index in [1.165, 1.54) is 23.5 Å². The average Bonchev–Trinajstić information content (AvgIpc) is 3.41. The summed E-state index contributed by atoms with van der Waals surface area (Å²) >= 11 is 1.25. The minimum Gasteiger partial charge on any atom is -0.367 e. The van der Waals surface area contributed by atoms with Crippen LogP contribution in [0.15, 0.2) is 34.4 Å². The van der Waals surface area contributed by atoms with Gasteiger partial charge in [0.25, 0.3) is 5.91 Å². The van der Waals surface area contributed by atoms with E-state index in [-0.39, 0.29) is 11.4 Å². The number of carbonyl (C=O) groups excluding carboxylic acids is 1. The number of imidazole rings is 1. The third-order valence-corrected chi connectivity index (χ3v) is 6.82. The molecule has 1 aromatic carbocycles. The van der Waals surface area contributed by atoms with Gasteiger partial charge in [-0.15, -0.1) is 11.3 Å². The van der Waals surface area contributed by atoms with Crippen molar-refractivity contribution in [2.24, 2.45) is 0 Å². The van der Waals surface area contributed by atoms with Gasteiger partial charge in [0, 0.05) is 38.1 Å². The van der Waals surface area contributed by atoms with Crippen molar-refractivity contribution >= 4 is 34.7 Å². The van der Waals surface area contributed by atoms with Crippen LogP contribution in [0.5, 0.6) is 0 Å². The summed E-state index contributed by atoms with van der Waals surface area (Å²) in [6.45, 7) is 5.69. The number of rotatable bonds is 5. The first-order chi connectivity index (χ1) is 16.1. The second-order valence-corrected chi connectivity index (χ2v) is 8.84. The standard InChI is InChI=1S/C23H25FN6O2S/c1-2-29-19-5-3-4-6-20(19)30(23(29)32)22-27-17(14-33-22)21(31)26-16-13-15(24)7-8-18(16)28-11-9-25-10-12-28/h3,5,7-8,13-14,25H,2,4,6,9-12H2,1H3,(H,26,31). The maximum atomic E-state index is 14.0. The highest BCUT2D eigenvalue weighted by molar-refractivity contribution is 7.12. The van der Waals surface area contributed by atoms with Crippen LogP contribution in [0.25, 0.3) is 11.2 Å². The Bertz CT molecular complexity index is 1280. The summed E-state index contributed by atoms with van der Waals surface area (Å²) in [5, 5.41) is 8.21. The average molecular weight is 469 g/mol. The highest BCUT2D eigenvalue weighted by atomic mass is 32.1. The van der Waals surface area contributed by atoms with Crippen LogP contribution in [0.2, 0.25) is 0 Å². The molecule has 3 aromatic rings. The number of amides is 1. The number of piperazine rings is 1. The first-order valence-electron chi connectivity index (χ1n) is 11.1. The van der Waals surface area contributed by atoms with Gasteiger partial charge in [-0.05, 0) is 44.0 Å². The SMILES string of the molecule is CCn1c2c(n(-c3nc(C(=O)Nc4cc(F)ccc4N4CCNCC4)cs3)c1=O)CCC=C2. The van der Waals surface area contributed by atoms with Gasteiger partial charge in [-0.25, -0.2) is 18.7 Å². The van der Waals surface area contributed by atoms with Crippen molar-refractivity contribution in [3.63, 3.8) is 0 Å². The summed E-state index contributed by atoms with van der Waals surface area (Å²) < 4.78 is 17.3. The number of thiazole rings is 1. The monoisotopic (exact) mass is 468 g/mol. The summed E-state index contributed by atoms with van der Waals surface area (Å²) in [5.41, 5.74) is 3.04. The molecule has 1 amide bonds. The molecular weight excluding hydrogens is 443 g/mol. The summed E-state index contributed by atoms with van der Waals surface area (Å²) in [4.78, 5) is 32.6. The van der Waals surface area contributed by atoms with Crippen LogP contribution in [-0.2, 0) is 13.0 Å². The quantitative estimate of drug-likeness (QED) is 0.602. The van der Waals surface area contributed by atoms with Gasteiger partial charge in [-0.3, -0.25) is 9.36 Å². The number of fused-ring (bicyclic) bond motifs is 1. The molecule has 1 aliphatic carbocycles. The largest absolute Gasteiger partial charge is 0.367 e. The Balaban J connectivity index is 1.44. The van der Waals surface area contributed by atoms with Gasteiger partial charge in [0.1, 0.15) is 11.5 Å². The van der Waals surface area contributed by atoms with Gasteiger partial charge >= 0.3 is 5.69 Å². The molecule has 172 valence electrons. The van der Waals surface area contributed by atoms with E-state index in [9.17, 15) is 14.0 Å². The molecule has 0 spiro atoms. The number of anilines is 2. The Morgan fingerprint density at radius 3 is 2.91 bits per heavy atom. The van der Waals surface area contributed by atoms with Crippen LogP contribution in [0.1, 0.15) is 35.2 Å². The summed E-state index contributed by atoms with van der Waals surface area (Å²) in [5.74, 6) is -0.855. The van der Waals surface area contributed by atoms with Gasteiger partial charge in [-0.1, -0.05) is 6.08 Å². The zero-order chi connectivity index (χ0) is 22.9. The second-order valence-electron chi connectivity index (χ2n) is 8.00. The molecule has 2 N–H and O–H groups in total. The third kappa shape index (κ3) is 4.00. The Morgan fingerprint density at radius 2 is 2.12 bits per heavy atom. The van der Waals surface area contributed by atoms with E-state index in [2.05, 4.69) is 26.6 Å². The molecule has 0 unspecified atom stereocenters. The maximum Gasteiger partial charge on any atom is 0.335 e. The lowest BCUT2D eigenvalue weighted by molar-refractivity contribution is 0.102. The van der Waals surface area contributed by atoms with Crippen LogP contribution in [-0.4, -0.2) is 46.2 Å². The zero-order valence-electron chi connectivity index (χ0n) is 18.3. The van der Waals surface area contributed by atoms with E-state index in [0.717, 1.165) is 56.1 Å². The third-order valence-electron chi connectivity index (χ3n) is 6.00. The first kappa shape index (κ1) is 21.6. The Morgan fingerprint density at radius 1 is 1.30 bits per heavy atom. The van der Waals surface area contributed by atoms with Crippen molar-refractivity contribution in [1.82, 2.24) is 19.4 Å². The predicted molar refractivity (Wildman–Crippen MR) is 128 cm³/mol. The van der Waals surface area contributed by atoms with E-state index >= 15 is 0 Å². The minimum atomic E-state index is -0.434. The zero-order valence-corrected chi connectivity index (χ0v) is 19.1. The number of hydrogen-bond acceptors (Lipinski definition) is 6. The van der Waals surface area contributed by atoms with Gasteiger partial charge in [0.2, 0.25) is 0 Å². The van der Waals surface area contributed by atoms with Crippen molar-refractivity contribution in [2.45, 2.75) is 26.3 Å². The fourth-order valence-electron chi connectivity index (χ4n) is 4.40. The normalized spacial score (nSPS) is 15.5. The Hall–Kier alpha value is -3.24. The van der Waals surface area contributed by atoms with E-state index in [0.29, 0.717) is 17.4 Å². The molecule has 0 saturated carbocycles. The summed E-state index contributed by atoms with van der Waals surface area (Å²) in [6.07, 6.45) is 5.64. The molecule has 10 heteroatoms. The van der Waals surface area contributed by atoms with Crippen molar-refractivity contribution in [1.29, 1.82) is 0 Å². The molecular formula is C23H25FN6O2S. The number of allylic oxidation sites excluding steroid dienone is 1. The van der Waals surface area contributed by atoms with Crippen molar-refractivity contribution < 1.29 is 9.18 Å². The molecule has 1 aliphatic heterocycles. The van der Waals surface area contributed by atoms with E-state index in [4.69, 9.17) is 0 Å². The first-order valence-corrected chi connectivity index (χ1v) is 12.0. The fourth-order valence-corrected chi connectivity index (χ4v) is 5.22. The molecule has 5 rings (SSSR count). The molecule has 0 atom stereocenters. The molecule has 1 fully saturated rings. The van der Waals surface area contributed by atoms with Gasteiger partial charge in [0.15, 0.2) is 5.13 Å². The number of nitrogens with one attached hydrogen (secondary N) is 2. The molecule has 0 radical (unpaired) electrons. The number of halogens is 1.